The Morgan fingerprint density at radius 2 is 2.14 bits per heavy atom. The molecule has 1 aromatic rings. The topological polar surface area (TPSA) is 57.2 Å². The van der Waals surface area contributed by atoms with Gasteiger partial charge in [0.25, 0.3) is 0 Å². The van der Waals surface area contributed by atoms with Gasteiger partial charge in [0.05, 0.1) is 12.3 Å². The van der Waals surface area contributed by atoms with E-state index in [4.69, 9.17) is 0 Å². The summed E-state index contributed by atoms with van der Waals surface area (Å²) in [6, 6.07) is 1.33. The van der Waals surface area contributed by atoms with Crippen LogP contribution in [0.3, 0.4) is 0 Å². The highest BCUT2D eigenvalue weighted by molar-refractivity contribution is 5.13. The minimum Gasteiger partial charge on any atom is -0.387 e. The zero-order valence-electron chi connectivity index (χ0n) is 12.9. The summed E-state index contributed by atoms with van der Waals surface area (Å²) in [7, 11) is 0. The first-order chi connectivity index (χ1) is 9.96. The Balaban J connectivity index is 1.82. The summed E-state index contributed by atoms with van der Waals surface area (Å²) in [5.74, 6) is 0.308. The number of hydrogen-bond donors (Lipinski definition) is 3. The molecule has 0 spiro atoms. The highest BCUT2D eigenvalue weighted by atomic mass is 19.1. The van der Waals surface area contributed by atoms with E-state index in [-0.39, 0.29) is 5.54 Å². The van der Waals surface area contributed by atoms with Crippen LogP contribution in [-0.2, 0) is 0 Å². The molecule has 0 aliphatic carbocycles. The fraction of sp³-hybridized carbons (Fsp3) is 0.688. The standard InChI is InChI=1S/C16H26FN3O/c1-16(2,8-12-3-5-18-6-4-12)20-11-15(21)13-7-14(17)10-19-9-13/h7,9-10,12,15,18,20-21H,3-6,8,11H2,1-2H3/t15-/m0/s1. The molecular formula is C16H26FN3O. The van der Waals surface area contributed by atoms with E-state index in [0.29, 0.717) is 12.1 Å². The summed E-state index contributed by atoms with van der Waals surface area (Å²) in [5, 5.41) is 16.9. The van der Waals surface area contributed by atoms with Gasteiger partial charge in [0.15, 0.2) is 0 Å². The van der Waals surface area contributed by atoms with Crippen LogP contribution in [0.25, 0.3) is 0 Å². The molecule has 1 aromatic heterocycles. The van der Waals surface area contributed by atoms with Crippen LogP contribution in [0.1, 0.15) is 44.8 Å². The number of β-amino-alcohol motifs (C(OH)–C–C–N with tert-alkyl or cyclic N) is 1. The number of halogens is 1. The van der Waals surface area contributed by atoms with Gasteiger partial charge in [0, 0.05) is 23.8 Å². The lowest BCUT2D eigenvalue weighted by Crippen LogP contribution is -2.44. The van der Waals surface area contributed by atoms with Crippen LogP contribution in [0.15, 0.2) is 18.5 Å². The van der Waals surface area contributed by atoms with Gasteiger partial charge in [-0.3, -0.25) is 4.98 Å². The van der Waals surface area contributed by atoms with E-state index in [1.54, 1.807) is 0 Å². The van der Waals surface area contributed by atoms with Crippen molar-refractivity contribution in [1.29, 1.82) is 0 Å². The Hall–Kier alpha value is -1.04. The van der Waals surface area contributed by atoms with Gasteiger partial charge in [0.2, 0.25) is 0 Å². The zero-order chi connectivity index (χ0) is 15.3. The second kappa shape index (κ2) is 7.29. The van der Waals surface area contributed by atoms with E-state index in [1.165, 1.54) is 25.1 Å². The van der Waals surface area contributed by atoms with E-state index in [1.807, 2.05) is 0 Å². The molecule has 0 unspecified atom stereocenters. The van der Waals surface area contributed by atoms with Gasteiger partial charge >= 0.3 is 0 Å². The number of rotatable bonds is 6. The predicted molar refractivity (Wildman–Crippen MR) is 81.4 cm³/mol. The third kappa shape index (κ3) is 5.34. The summed E-state index contributed by atoms with van der Waals surface area (Å²) in [6.45, 7) is 6.91. The molecule has 2 rings (SSSR count). The number of pyridine rings is 1. The van der Waals surface area contributed by atoms with Crippen molar-refractivity contribution in [3.05, 3.63) is 29.8 Å². The molecule has 118 valence electrons. The number of nitrogens with zero attached hydrogens (tertiary/aromatic N) is 1. The number of aliphatic hydroxyl groups excluding tert-OH is 1. The number of aliphatic hydroxyl groups is 1. The zero-order valence-corrected chi connectivity index (χ0v) is 12.9. The first kappa shape index (κ1) is 16.3. The molecule has 1 fully saturated rings. The van der Waals surface area contributed by atoms with Crippen molar-refractivity contribution in [2.24, 2.45) is 5.92 Å². The number of aromatic nitrogens is 1. The van der Waals surface area contributed by atoms with E-state index in [2.05, 4.69) is 29.5 Å². The Kier molecular flexibility index (Phi) is 5.67. The maximum atomic E-state index is 13.1. The van der Waals surface area contributed by atoms with E-state index < -0.39 is 11.9 Å². The van der Waals surface area contributed by atoms with Gasteiger partial charge < -0.3 is 15.7 Å². The van der Waals surface area contributed by atoms with Gasteiger partial charge in [-0.25, -0.2) is 4.39 Å². The van der Waals surface area contributed by atoms with Crippen molar-refractivity contribution in [3.8, 4) is 0 Å². The molecule has 1 atom stereocenters. The maximum absolute atomic E-state index is 13.1. The highest BCUT2D eigenvalue weighted by Gasteiger charge is 2.25. The average molecular weight is 295 g/mol. The molecule has 0 amide bonds. The van der Waals surface area contributed by atoms with Crippen molar-refractivity contribution in [1.82, 2.24) is 15.6 Å². The third-order valence-electron chi connectivity index (χ3n) is 4.14. The van der Waals surface area contributed by atoms with Crippen LogP contribution in [0.4, 0.5) is 4.39 Å². The minimum atomic E-state index is -0.736. The van der Waals surface area contributed by atoms with Gasteiger partial charge in [-0.15, -0.1) is 0 Å². The van der Waals surface area contributed by atoms with E-state index >= 15 is 0 Å². The summed E-state index contributed by atoms with van der Waals surface area (Å²) >= 11 is 0. The fourth-order valence-corrected chi connectivity index (χ4v) is 2.98. The number of nitrogens with one attached hydrogen (secondary N) is 2. The first-order valence-electron chi connectivity index (χ1n) is 7.70. The van der Waals surface area contributed by atoms with Gasteiger partial charge in [-0.05, 0) is 58.2 Å². The van der Waals surface area contributed by atoms with Gasteiger partial charge in [-0.1, -0.05) is 0 Å². The molecule has 2 heterocycles. The van der Waals surface area contributed by atoms with Crippen LogP contribution in [0, 0.1) is 11.7 Å². The van der Waals surface area contributed by atoms with Crippen molar-refractivity contribution < 1.29 is 9.50 Å². The smallest absolute Gasteiger partial charge is 0.141 e. The lowest BCUT2D eigenvalue weighted by Gasteiger charge is -2.33. The molecular weight excluding hydrogens is 269 g/mol. The van der Waals surface area contributed by atoms with Crippen molar-refractivity contribution in [3.63, 3.8) is 0 Å². The summed E-state index contributed by atoms with van der Waals surface area (Å²) in [4.78, 5) is 3.77. The van der Waals surface area contributed by atoms with E-state index in [0.717, 1.165) is 31.6 Å². The number of piperidine rings is 1. The first-order valence-corrected chi connectivity index (χ1v) is 7.70. The Morgan fingerprint density at radius 3 is 2.81 bits per heavy atom. The molecule has 0 saturated carbocycles. The Labute approximate surface area is 126 Å². The maximum Gasteiger partial charge on any atom is 0.141 e. The van der Waals surface area contributed by atoms with Gasteiger partial charge in [0.1, 0.15) is 5.82 Å². The second-order valence-corrected chi connectivity index (χ2v) is 6.61. The molecule has 0 bridgehead atoms. The number of hydrogen-bond acceptors (Lipinski definition) is 4. The SMILES string of the molecule is CC(C)(CC1CCNCC1)NC[C@H](O)c1cncc(F)c1. The van der Waals surface area contributed by atoms with Crippen LogP contribution in [0.2, 0.25) is 0 Å². The van der Waals surface area contributed by atoms with Crippen molar-refractivity contribution in [2.45, 2.75) is 44.8 Å². The lowest BCUT2D eigenvalue weighted by molar-refractivity contribution is 0.151. The van der Waals surface area contributed by atoms with Crippen LogP contribution < -0.4 is 10.6 Å². The average Bonchev–Trinajstić information content (AvgIpc) is 2.45. The van der Waals surface area contributed by atoms with Crippen LogP contribution in [-0.4, -0.2) is 35.3 Å². The van der Waals surface area contributed by atoms with Gasteiger partial charge in [-0.2, -0.15) is 0 Å². The molecule has 0 aromatic carbocycles. The molecule has 0 radical (unpaired) electrons. The molecule has 1 aliphatic heterocycles. The lowest BCUT2D eigenvalue weighted by atomic mass is 9.85. The second-order valence-electron chi connectivity index (χ2n) is 6.61. The predicted octanol–water partition coefficient (Wildman–Crippen LogP) is 2.01. The quantitative estimate of drug-likeness (QED) is 0.751. The molecule has 1 saturated heterocycles. The molecule has 1 aliphatic rings. The summed E-state index contributed by atoms with van der Waals surface area (Å²) in [6.07, 6.45) is 5.42. The Bertz CT molecular complexity index is 447. The largest absolute Gasteiger partial charge is 0.387 e. The van der Waals surface area contributed by atoms with Crippen molar-refractivity contribution >= 4 is 0 Å². The van der Waals surface area contributed by atoms with Crippen LogP contribution in [0.5, 0.6) is 0 Å². The molecule has 3 N–H and O–H groups in total. The minimum absolute atomic E-state index is 0.0380. The highest BCUT2D eigenvalue weighted by Crippen LogP contribution is 2.24. The molecule has 5 heteroatoms. The summed E-state index contributed by atoms with van der Waals surface area (Å²) in [5.41, 5.74) is 0.476. The normalized spacial score (nSPS) is 18.7. The van der Waals surface area contributed by atoms with E-state index in [9.17, 15) is 9.50 Å². The monoisotopic (exact) mass is 295 g/mol. The van der Waals surface area contributed by atoms with Crippen LogP contribution >= 0.6 is 0 Å². The molecule has 4 nitrogen and oxygen atoms in total. The molecule has 21 heavy (non-hydrogen) atoms. The fourth-order valence-electron chi connectivity index (χ4n) is 2.98. The van der Waals surface area contributed by atoms with Crippen molar-refractivity contribution in [2.75, 3.05) is 19.6 Å². The third-order valence-corrected chi connectivity index (χ3v) is 4.14. The summed E-state index contributed by atoms with van der Waals surface area (Å²) < 4.78 is 13.1. The Morgan fingerprint density at radius 1 is 1.43 bits per heavy atom.